The van der Waals surface area contributed by atoms with E-state index in [4.69, 9.17) is 32.7 Å². The molecule has 0 unspecified atom stereocenters. The molecule has 0 saturated carbocycles. The van der Waals surface area contributed by atoms with Crippen LogP contribution in [0.25, 0.3) is 0 Å². The molecular weight excluding hydrogens is 299 g/mol. The number of hydrogen-bond donors (Lipinski definition) is 0. The Kier molecular flexibility index (Phi) is 4.88. The topological polar surface area (TPSA) is 35.5 Å². The number of ether oxygens (including phenoxy) is 2. The first-order valence-electron chi connectivity index (χ1n) is 5.84. The SMILES string of the molecule is COc1ccc(C(=O)COc2cc(Cl)cc(Cl)c2)cc1. The maximum atomic E-state index is 12.0. The van der Waals surface area contributed by atoms with Gasteiger partial charge < -0.3 is 9.47 Å². The van der Waals surface area contributed by atoms with Gasteiger partial charge in [-0.2, -0.15) is 0 Å². The van der Waals surface area contributed by atoms with Gasteiger partial charge in [0.1, 0.15) is 11.5 Å². The zero-order valence-corrected chi connectivity index (χ0v) is 12.2. The molecule has 0 fully saturated rings. The highest BCUT2D eigenvalue weighted by Crippen LogP contribution is 2.24. The van der Waals surface area contributed by atoms with E-state index in [-0.39, 0.29) is 12.4 Å². The molecule has 0 aliphatic rings. The molecule has 0 saturated heterocycles. The van der Waals surface area contributed by atoms with Crippen LogP contribution >= 0.6 is 23.2 Å². The minimum atomic E-state index is -0.135. The maximum absolute atomic E-state index is 12.0. The van der Waals surface area contributed by atoms with Crippen molar-refractivity contribution in [3.8, 4) is 11.5 Å². The third-order valence-electron chi connectivity index (χ3n) is 2.62. The second-order valence-corrected chi connectivity index (χ2v) is 4.92. The summed E-state index contributed by atoms with van der Waals surface area (Å²) in [5.74, 6) is 1.03. The van der Waals surface area contributed by atoms with Crippen LogP contribution in [0.3, 0.4) is 0 Å². The average molecular weight is 311 g/mol. The van der Waals surface area contributed by atoms with Crippen molar-refractivity contribution in [2.75, 3.05) is 13.7 Å². The number of Topliss-reactive ketones (excluding diaryl/α,β-unsaturated/α-hetero) is 1. The Morgan fingerprint density at radius 1 is 1.00 bits per heavy atom. The number of rotatable bonds is 5. The highest BCUT2D eigenvalue weighted by molar-refractivity contribution is 6.34. The van der Waals surface area contributed by atoms with Gasteiger partial charge in [0.15, 0.2) is 12.4 Å². The van der Waals surface area contributed by atoms with E-state index in [0.717, 1.165) is 0 Å². The molecule has 0 N–H and O–H groups in total. The van der Waals surface area contributed by atoms with Gasteiger partial charge in [-0.05, 0) is 42.5 Å². The first kappa shape index (κ1) is 14.7. The lowest BCUT2D eigenvalue weighted by molar-refractivity contribution is 0.0921. The molecule has 0 heterocycles. The molecule has 3 nitrogen and oxygen atoms in total. The molecule has 5 heteroatoms. The quantitative estimate of drug-likeness (QED) is 0.774. The Morgan fingerprint density at radius 2 is 1.60 bits per heavy atom. The van der Waals surface area contributed by atoms with Crippen molar-refractivity contribution >= 4 is 29.0 Å². The summed E-state index contributed by atoms with van der Waals surface area (Å²) in [5, 5.41) is 0.925. The van der Waals surface area contributed by atoms with Crippen molar-refractivity contribution in [3.63, 3.8) is 0 Å². The van der Waals surface area contributed by atoms with Crippen LogP contribution in [0.2, 0.25) is 10.0 Å². The lowest BCUT2D eigenvalue weighted by Gasteiger charge is -2.07. The van der Waals surface area contributed by atoms with Crippen LogP contribution in [-0.2, 0) is 0 Å². The van der Waals surface area contributed by atoms with Crippen molar-refractivity contribution in [1.82, 2.24) is 0 Å². The maximum Gasteiger partial charge on any atom is 0.200 e. The van der Waals surface area contributed by atoms with E-state index in [1.807, 2.05) is 0 Å². The first-order valence-corrected chi connectivity index (χ1v) is 6.60. The van der Waals surface area contributed by atoms with Gasteiger partial charge in [0.2, 0.25) is 0 Å². The van der Waals surface area contributed by atoms with E-state index >= 15 is 0 Å². The Labute approximate surface area is 127 Å². The summed E-state index contributed by atoms with van der Waals surface area (Å²) in [5.41, 5.74) is 0.555. The predicted octanol–water partition coefficient (Wildman–Crippen LogP) is 4.26. The van der Waals surface area contributed by atoms with Gasteiger partial charge >= 0.3 is 0 Å². The lowest BCUT2D eigenvalue weighted by Crippen LogP contribution is -2.11. The Hall–Kier alpha value is -1.71. The third-order valence-corrected chi connectivity index (χ3v) is 3.05. The van der Waals surface area contributed by atoms with Crippen molar-refractivity contribution in [2.24, 2.45) is 0 Å². The summed E-state index contributed by atoms with van der Waals surface area (Å²) in [4.78, 5) is 12.0. The number of benzene rings is 2. The molecule has 0 atom stereocenters. The average Bonchev–Trinajstić information content (AvgIpc) is 2.44. The van der Waals surface area contributed by atoms with Gasteiger partial charge in [0, 0.05) is 15.6 Å². The van der Waals surface area contributed by atoms with E-state index in [1.165, 1.54) is 0 Å². The number of methoxy groups -OCH3 is 1. The van der Waals surface area contributed by atoms with Crippen molar-refractivity contribution < 1.29 is 14.3 Å². The first-order chi connectivity index (χ1) is 9.58. The standard InChI is InChI=1S/C15H12Cl2O3/c1-19-13-4-2-10(3-5-13)15(18)9-20-14-7-11(16)6-12(17)8-14/h2-8H,9H2,1H3. The van der Waals surface area contributed by atoms with Crippen LogP contribution in [0.5, 0.6) is 11.5 Å². The van der Waals surface area contributed by atoms with Gasteiger partial charge in [-0.3, -0.25) is 4.79 Å². The Bertz CT molecular complexity index is 589. The molecule has 0 bridgehead atoms. The van der Waals surface area contributed by atoms with Crippen molar-refractivity contribution in [1.29, 1.82) is 0 Å². The predicted molar refractivity (Wildman–Crippen MR) is 79.3 cm³/mol. The molecule has 0 aromatic heterocycles. The molecule has 2 aromatic rings. The van der Waals surface area contributed by atoms with Gasteiger partial charge in [0.25, 0.3) is 0 Å². The fraction of sp³-hybridized carbons (Fsp3) is 0.133. The summed E-state index contributed by atoms with van der Waals surface area (Å²) >= 11 is 11.7. The van der Waals surface area contributed by atoms with E-state index in [2.05, 4.69) is 0 Å². The van der Waals surface area contributed by atoms with Crippen LogP contribution < -0.4 is 9.47 Å². The number of hydrogen-bond acceptors (Lipinski definition) is 3. The largest absolute Gasteiger partial charge is 0.497 e. The lowest BCUT2D eigenvalue weighted by atomic mass is 10.1. The zero-order valence-electron chi connectivity index (χ0n) is 10.7. The molecule has 0 radical (unpaired) electrons. The molecule has 104 valence electrons. The molecular formula is C15H12Cl2O3. The summed E-state index contributed by atoms with van der Waals surface area (Å²) in [7, 11) is 1.57. The van der Waals surface area contributed by atoms with Crippen LogP contribution in [0.1, 0.15) is 10.4 Å². The molecule has 0 aliphatic heterocycles. The molecule has 0 amide bonds. The van der Waals surface area contributed by atoms with Crippen molar-refractivity contribution in [3.05, 3.63) is 58.1 Å². The molecule has 20 heavy (non-hydrogen) atoms. The van der Waals surface area contributed by atoms with Crippen LogP contribution in [-0.4, -0.2) is 19.5 Å². The van der Waals surface area contributed by atoms with Gasteiger partial charge in [-0.1, -0.05) is 23.2 Å². The second-order valence-electron chi connectivity index (χ2n) is 4.05. The van der Waals surface area contributed by atoms with E-state index in [9.17, 15) is 4.79 Å². The van der Waals surface area contributed by atoms with Gasteiger partial charge in [0.05, 0.1) is 7.11 Å². The normalized spacial score (nSPS) is 10.2. The molecule has 2 rings (SSSR count). The summed E-state index contributed by atoms with van der Waals surface area (Å²) in [6, 6.07) is 11.6. The smallest absolute Gasteiger partial charge is 0.200 e. The minimum absolute atomic E-state index is 0.0804. The Balaban J connectivity index is 2.00. The number of ketones is 1. The summed E-state index contributed by atoms with van der Waals surface area (Å²) in [6.45, 7) is -0.0804. The zero-order chi connectivity index (χ0) is 14.5. The van der Waals surface area contributed by atoms with E-state index in [0.29, 0.717) is 27.1 Å². The highest BCUT2D eigenvalue weighted by atomic mass is 35.5. The molecule has 0 aliphatic carbocycles. The fourth-order valence-electron chi connectivity index (χ4n) is 1.62. The summed E-state index contributed by atoms with van der Waals surface area (Å²) < 4.78 is 10.4. The minimum Gasteiger partial charge on any atom is -0.497 e. The van der Waals surface area contributed by atoms with Gasteiger partial charge in [-0.15, -0.1) is 0 Å². The Morgan fingerprint density at radius 3 is 2.15 bits per heavy atom. The number of halogens is 2. The molecule has 2 aromatic carbocycles. The number of carbonyl (C=O) groups is 1. The van der Waals surface area contributed by atoms with Crippen LogP contribution in [0.15, 0.2) is 42.5 Å². The van der Waals surface area contributed by atoms with Crippen LogP contribution in [0.4, 0.5) is 0 Å². The second kappa shape index (κ2) is 6.64. The van der Waals surface area contributed by atoms with E-state index in [1.54, 1.807) is 49.6 Å². The van der Waals surface area contributed by atoms with Crippen LogP contribution in [0, 0.1) is 0 Å². The van der Waals surface area contributed by atoms with Gasteiger partial charge in [-0.25, -0.2) is 0 Å². The molecule has 0 spiro atoms. The number of carbonyl (C=O) groups excluding carboxylic acids is 1. The van der Waals surface area contributed by atoms with Crippen molar-refractivity contribution in [2.45, 2.75) is 0 Å². The summed E-state index contributed by atoms with van der Waals surface area (Å²) in [6.07, 6.45) is 0. The monoisotopic (exact) mass is 310 g/mol. The van der Waals surface area contributed by atoms with E-state index < -0.39 is 0 Å². The highest BCUT2D eigenvalue weighted by Gasteiger charge is 2.08. The third kappa shape index (κ3) is 3.89. The fourth-order valence-corrected chi connectivity index (χ4v) is 2.13.